The van der Waals surface area contributed by atoms with E-state index in [0.29, 0.717) is 45.7 Å². The highest BCUT2D eigenvalue weighted by Gasteiger charge is 2.15. The zero-order chi connectivity index (χ0) is 21.0. The van der Waals surface area contributed by atoms with Crippen LogP contribution in [0, 0.1) is 0 Å². The number of nitrogens with zero attached hydrogens (tertiary/aromatic N) is 4. The van der Waals surface area contributed by atoms with E-state index >= 15 is 0 Å². The van der Waals surface area contributed by atoms with Crippen LogP contribution in [0.15, 0.2) is 36.7 Å². The summed E-state index contributed by atoms with van der Waals surface area (Å²) in [6.07, 6.45) is 2.96. The normalized spacial score (nSPS) is 12.7. The van der Waals surface area contributed by atoms with Crippen LogP contribution < -0.4 is 19.5 Å². The van der Waals surface area contributed by atoms with Crippen molar-refractivity contribution in [1.82, 2.24) is 20.0 Å². The Hall–Kier alpha value is -3.29. The van der Waals surface area contributed by atoms with Gasteiger partial charge < -0.3 is 19.5 Å². The van der Waals surface area contributed by atoms with E-state index in [9.17, 15) is 0 Å². The maximum atomic E-state index is 7.41. The first-order chi connectivity index (χ1) is 13.9. The van der Waals surface area contributed by atoms with Crippen LogP contribution in [0.25, 0.3) is 11.3 Å². The second-order valence-corrected chi connectivity index (χ2v) is 5.29. The van der Waals surface area contributed by atoms with E-state index in [1.165, 1.54) is 13.3 Å². The van der Waals surface area contributed by atoms with Gasteiger partial charge in [0.15, 0.2) is 11.6 Å². The molecule has 0 spiro atoms. The number of aryl methyl sites for hydroxylation is 1. The molecule has 0 unspecified atom stereocenters. The van der Waals surface area contributed by atoms with Gasteiger partial charge in [-0.2, -0.15) is 15.0 Å². The minimum Gasteiger partial charge on any atom is -0.497 e. The largest absolute Gasteiger partial charge is 0.497 e. The van der Waals surface area contributed by atoms with Gasteiger partial charge in [0.2, 0.25) is 0 Å². The fraction of sp³-hybridized carbons (Fsp3) is 0.278. The molecule has 1 N–H and O–H groups in total. The number of hydrogen-bond acceptors (Lipinski definition) is 7. The third-order valence-electron chi connectivity index (χ3n) is 3.82. The minimum absolute atomic E-state index is 0.366. The zero-order valence-corrected chi connectivity index (χ0v) is 14.7. The molecule has 0 saturated carbocycles. The van der Waals surface area contributed by atoms with Crippen LogP contribution in [0.5, 0.6) is 17.2 Å². The summed E-state index contributed by atoms with van der Waals surface area (Å²) < 4.78 is 38.4. The molecule has 8 heteroatoms. The molecule has 3 aromatic rings. The van der Waals surface area contributed by atoms with E-state index in [0.717, 1.165) is 5.56 Å². The van der Waals surface area contributed by atoms with Gasteiger partial charge in [0, 0.05) is 35.5 Å². The van der Waals surface area contributed by atoms with Gasteiger partial charge in [-0.05, 0) is 18.2 Å². The molecule has 2 heterocycles. The average molecular weight is 358 g/mol. The Morgan fingerprint density at radius 1 is 1.15 bits per heavy atom. The molecule has 1 aromatic carbocycles. The summed E-state index contributed by atoms with van der Waals surface area (Å²) in [5.74, 6) is 2.28. The summed E-state index contributed by atoms with van der Waals surface area (Å²) in [4.78, 5) is 5.02. The molecule has 0 bridgehead atoms. The second kappa shape index (κ2) is 7.73. The molecular formula is C18H21N5O3. The van der Waals surface area contributed by atoms with Gasteiger partial charge >= 0.3 is 0 Å². The number of anilines is 1. The summed E-state index contributed by atoms with van der Waals surface area (Å²) in [5, 5.41) is 11.1. The standard InChI is InChI=1S/C18H21N5O3/c1-23-21-11-15(22-23)14-7-8-19-18(17(14)26-4)20-10-12-5-6-13(24-2)9-16(12)25-3/h5-9,11H,10H2,1-4H3,(H,19,20)/i1D3. The average Bonchev–Trinajstić information content (AvgIpc) is 3.22. The van der Waals surface area contributed by atoms with E-state index in [2.05, 4.69) is 20.5 Å². The first-order valence-electron chi connectivity index (χ1n) is 9.28. The van der Waals surface area contributed by atoms with Gasteiger partial charge in [0.1, 0.15) is 17.2 Å². The zero-order valence-electron chi connectivity index (χ0n) is 17.7. The number of methoxy groups -OCH3 is 3. The van der Waals surface area contributed by atoms with Crippen LogP contribution in [0.4, 0.5) is 5.82 Å². The van der Waals surface area contributed by atoms with Gasteiger partial charge in [-0.25, -0.2) is 4.98 Å². The monoisotopic (exact) mass is 358 g/mol. The van der Waals surface area contributed by atoms with Gasteiger partial charge in [-0.15, -0.1) is 0 Å². The van der Waals surface area contributed by atoms with E-state index in [1.807, 2.05) is 12.1 Å². The molecule has 3 rings (SSSR count). The summed E-state index contributed by atoms with van der Waals surface area (Å²) in [7, 11) is 4.69. The van der Waals surface area contributed by atoms with E-state index in [1.54, 1.807) is 32.5 Å². The van der Waals surface area contributed by atoms with Crippen molar-refractivity contribution >= 4 is 5.82 Å². The maximum absolute atomic E-state index is 7.41. The Kier molecular flexibility index (Phi) is 4.14. The van der Waals surface area contributed by atoms with Crippen molar-refractivity contribution in [3.63, 3.8) is 0 Å². The third kappa shape index (κ3) is 3.53. The number of hydrogen-bond donors (Lipinski definition) is 1. The van der Waals surface area contributed by atoms with Crippen molar-refractivity contribution in [2.45, 2.75) is 6.54 Å². The van der Waals surface area contributed by atoms with Crippen molar-refractivity contribution < 1.29 is 18.3 Å². The number of rotatable bonds is 7. The van der Waals surface area contributed by atoms with Gasteiger partial charge in [0.25, 0.3) is 0 Å². The van der Waals surface area contributed by atoms with Gasteiger partial charge in [-0.1, -0.05) is 0 Å². The molecule has 0 atom stereocenters. The molecule has 0 saturated heterocycles. The highest BCUT2D eigenvalue weighted by Crippen LogP contribution is 2.34. The molecule has 0 radical (unpaired) electrons. The van der Waals surface area contributed by atoms with E-state index < -0.39 is 6.98 Å². The molecule has 26 heavy (non-hydrogen) atoms. The lowest BCUT2D eigenvalue weighted by atomic mass is 10.1. The fourth-order valence-corrected chi connectivity index (χ4v) is 2.55. The van der Waals surface area contributed by atoms with Crippen LogP contribution in [-0.2, 0) is 13.5 Å². The molecular weight excluding hydrogens is 334 g/mol. The molecule has 0 aliphatic carbocycles. The molecule has 8 nitrogen and oxygen atoms in total. The third-order valence-corrected chi connectivity index (χ3v) is 3.82. The number of aromatic nitrogens is 4. The maximum Gasteiger partial charge on any atom is 0.170 e. The van der Waals surface area contributed by atoms with Gasteiger partial charge in [-0.3, -0.25) is 0 Å². The molecule has 0 fully saturated rings. The Bertz CT molecular complexity index is 991. The smallest absolute Gasteiger partial charge is 0.170 e. The number of ether oxygens (including phenoxy) is 3. The molecule has 2 aromatic heterocycles. The summed E-state index contributed by atoms with van der Waals surface area (Å²) in [6, 6.07) is 7.22. The Labute approximate surface area is 155 Å². The predicted molar refractivity (Wildman–Crippen MR) is 97.7 cm³/mol. The summed E-state index contributed by atoms with van der Waals surface area (Å²) in [6.45, 7) is -2.04. The quantitative estimate of drug-likeness (QED) is 0.695. The van der Waals surface area contributed by atoms with Crippen LogP contribution >= 0.6 is 0 Å². The fourth-order valence-electron chi connectivity index (χ4n) is 2.55. The second-order valence-electron chi connectivity index (χ2n) is 5.29. The lowest BCUT2D eigenvalue weighted by Crippen LogP contribution is -2.06. The van der Waals surface area contributed by atoms with Crippen molar-refractivity contribution in [1.29, 1.82) is 0 Å². The number of nitrogens with one attached hydrogen (secondary N) is 1. The Balaban J connectivity index is 1.88. The van der Waals surface area contributed by atoms with Crippen molar-refractivity contribution in [3.8, 4) is 28.5 Å². The Morgan fingerprint density at radius 2 is 2.04 bits per heavy atom. The number of pyridine rings is 1. The van der Waals surface area contributed by atoms with Crippen molar-refractivity contribution in [2.75, 3.05) is 26.6 Å². The topological polar surface area (TPSA) is 83.3 Å². The minimum atomic E-state index is -2.45. The molecule has 136 valence electrons. The first-order valence-corrected chi connectivity index (χ1v) is 7.78. The van der Waals surface area contributed by atoms with Crippen LogP contribution in [0.3, 0.4) is 0 Å². The lowest BCUT2D eigenvalue weighted by Gasteiger charge is -2.15. The first kappa shape index (κ1) is 13.9. The number of benzene rings is 1. The Morgan fingerprint density at radius 3 is 2.73 bits per heavy atom. The van der Waals surface area contributed by atoms with E-state index in [4.69, 9.17) is 18.3 Å². The van der Waals surface area contributed by atoms with E-state index in [-0.39, 0.29) is 0 Å². The van der Waals surface area contributed by atoms with Gasteiger partial charge in [0.05, 0.1) is 33.1 Å². The highest BCUT2D eigenvalue weighted by atomic mass is 16.5. The lowest BCUT2D eigenvalue weighted by molar-refractivity contribution is 0.391. The van der Waals surface area contributed by atoms with Crippen LogP contribution in [0.1, 0.15) is 9.68 Å². The summed E-state index contributed by atoms with van der Waals surface area (Å²) >= 11 is 0. The predicted octanol–water partition coefficient (Wildman–Crippen LogP) is 2.52. The molecule has 0 amide bonds. The van der Waals surface area contributed by atoms with Crippen LogP contribution in [-0.4, -0.2) is 41.3 Å². The highest BCUT2D eigenvalue weighted by molar-refractivity contribution is 5.73. The molecule has 0 aliphatic rings. The molecule has 0 aliphatic heterocycles. The van der Waals surface area contributed by atoms with Crippen LogP contribution in [0.2, 0.25) is 0 Å². The van der Waals surface area contributed by atoms with Crippen molar-refractivity contribution in [3.05, 3.63) is 42.2 Å². The SMILES string of the molecule is [2H]C([2H])([2H])n1ncc(-c2ccnc(NCc3ccc(OC)cc3OC)c2OC)n1. The van der Waals surface area contributed by atoms with Crippen molar-refractivity contribution in [2.24, 2.45) is 6.98 Å². The summed E-state index contributed by atoms with van der Waals surface area (Å²) in [5.41, 5.74) is 1.84.